The number of amides is 2. The molecule has 0 aliphatic carbocycles. The molecule has 1 N–H and O–H groups in total. The molecule has 0 bridgehead atoms. The minimum absolute atomic E-state index is 0.0671. The van der Waals surface area contributed by atoms with Crippen LogP contribution in [0.2, 0.25) is 0 Å². The fraction of sp³-hybridized carbons (Fsp3) is 0.579. The Hall–Kier alpha value is -1.97. The minimum Gasteiger partial charge on any atom is -0.353 e. The molecule has 0 unspecified atom stereocenters. The molecule has 2 aliphatic heterocycles. The Kier molecular flexibility index (Phi) is 6.69. The molecular formula is C19H28N4O4S. The Morgan fingerprint density at radius 1 is 1.11 bits per heavy atom. The third kappa shape index (κ3) is 4.89. The lowest BCUT2D eigenvalue weighted by molar-refractivity contribution is -0.139. The van der Waals surface area contributed by atoms with Crippen molar-refractivity contribution in [1.29, 1.82) is 0 Å². The van der Waals surface area contributed by atoms with E-state index >= 15 is 0 Å². The average molecular weight is 409 g/mol. The molecule has 0 saturated carbocycles. The summed E-state index contributed by atoms with van der Waals surface area (Å²) in [6, 6.07) is 9.40. The second kappa shape index (κ2) is 9.02. The predicted molar refractivity (Wildman–Crippen MR) is 106 cm³/mol. The second-order valence-electron chi connectivity index (χ2n) is 7.15. The van der Waals surface area contributed by atoms with Crippen LogP contribution in [0.1, 0.15) is 18.9 Å². The summed E-state index contributed by atoms with van der Waals surface area (Å²) in [5, 5.41) is 2.85. The van der Waals surface area contributed by atoms with Gasteiger partial charge in [0.1, 0.15) is 0 Å². The molecule has 9 heteroatoms. The van der Waals surface area contributed by atoms with Crippen LogP contribution >= 0.6 is 0 Å². The van der Waals surface area contributed by atoms with Crippen molar-refractivity contribution in [2.24, 2.45) is 0 Å². The lowest BCUT2D eigenvalue weighted by Crippen LogP contribution is -2.57. The number of benzene rings is 1. The van der Waals surface area contributed by atoms with Crippen LogP contribution in [0.5, 0.6) is 0 Å². The number of rotatable bonds is 6. The first kappa shape index (κ1) is 20.8. The molecule has 1 aromatic rings. The van der Waals surface area contributed by atoms with E-state index in [0.29, 0.717) is 45.8 Å². The van der Waals surface area contributed by atoms with E-state index in [1.165, 1.54) is 4.31 Å². The van der Waals surface area contributed by atoms with Crippen molar-refractivity contribution in [3.8, 4) is 0 Å². The maximum absolute atomic E-state index is 12.8. The Morgan fingerprint density at radius 2 is 1.79 bits per heavy atom. The first-order valence-corrected chi connectivity index (χ1v) is 11.3. The van der Waals surface area contributed by atoms with Gasteiger partial charge in [-0.25, -0.2) is 8.42 Å². The first-order valence-electron chi connectivity index (χ1n) is 9.72. The number of carbonyl (C=O) groups excluding carboxylic acids is 2. The number of piperazine rings is 2. The van der Waals surface area contributed by atoms with E-state index in [9.17, 15) is 18.0 Å². The molecule has 28 heavy (non-hydrogen) atoms. The summed E-state index contributed by atoms with van der Waals surface area (Å²) >= 11 is 0. The molecular weight excluding hydrogens is 380 g/mol. The molecule has 0 aromatic heterocycles. The topological polar surface area (TPSA) is 90.0 Å². The highest BCUT2D eigenvalue weighted by molar-refractivity contribution is 7.89. The fourth-order valence-electron chi connectivity index (χ4n) is 3.68. The quantitative estimate of drug-likeness (QED) is 0.708. The van der Waals surface area contributed by atoms with Gasteiger partial charge in [-0.15, -0.1) is 0 Å². The molecule has 2 saturated heterocycles. The molecule has 0 radical (unpaired) electrons. The summed E-state index contributed by atoms with van der Waals surface area (Å²) in [7, 11) is -3.23. The Morgan fingerprint density at radius 3 is 2.43 bits per heavy atom. The molecule has 3 rings (SSSR count). The monoisotopic (exact) mass is 408 g/mol. The molecule has 2 amide bonds. The number of hydrogen-bond donors (Lipinski definition) is 1. The SMILES string of the molecule is CCS(=O)(=O)N1CCN(C(=O)C[C@@H]2C(=O)NCCN2Cc2ccccc2)CC1. The van der Waals surface area contributed by atoms with E-state index in [0.717, 1.165) is 5.56 Å². The number of carbonyl (C=O) groups is 2. The van der Waals surface area contributed by atoms with Gasteiger partial charge in [0.25, 0.3) is 0 Å². The van der Waals surface area contributed by atoms with Gasteiger partial charge in [-0.2, -0.15) is 4.31 Å². The van der Waals surface area contributed by atoms with Crippen LogP contribution in [0, 0.1) is 0 Å². The van der Waals surface area contributed by atoms with Gasteiger partial charge in [0.15, 0.2) is 0 Å². The summed E-state index contributed by atoms with van der Waals surface area (Å²) < 4.78 is 25.4. The van der Waals surface area contributed by atoms with Crippen LogP contribution < -0.4 is 5.32 Å². The zero-order valence-electron chi connectivity index (χ0n) is 16.2. The zero-order chi connectivity index (χ0) is 20.1. The van der Waals surface area contributed by atoms with Gasteiger partial charge >= 0.3 is 0 Å². The molecule has 1 aromatic carbocycles. The molecule has 2 aliphatic rings. The van der Waals surface area contributed by atoms with E-state index in [2.05, 4.69) is 5.32 Å². The average Bonchev–Trinajstić information content (AvgIpc) is 2.71. The van der Waals surface area contributed by atoms with Gasteiger partial charge in [-0.3, -0.25) is 14.5 Å². The molecule has 154 valence electrons. The molecule has 1 atom stereocenters. The van der Waals surface area contributed by atoms with Crippen LogP contribution in [-0.4, -0.2) is 85.4 Å². The standard InChI is InChI=1S/C19H28N4O4S/c1-2-28(26,27)23-12-10-21(11-13-23)18(24)14-17-19(25)20-8-9-22(17)15-16-6-4-3-5-7-16/h3-7,17H,2,8-15H2,1H3,(H,20,25)/t17-/m1/s1. The molecule has 2 heterocycles. The van der Waals surface area contributed by atoms with Gasteiger partial charge in [0, 0.05) is 45.8 Å². The van der Waals surface area contributed by atoms with Crippen LogP contribution in [0.3, 0.4) is 0 Å². The van der Waals surface area contributed by atoms with Crippen molar-refractivity contribution in [2.75, 3.05) is 45.0 Å². The van der Waals surface area contributed by atoms with Crippen LogP contribution in [-0.2, 0) is 26.2 Å². The maximum Gasteiger partial charge on any atom is 0.237 e. The van der Waals surface area contributed by atoms with E-state index in [4.69, 9.17) is 0 Å². The van der Waals surface area contributed by atoms with Crippen molar-refractivity contribution in [3.05, 3.63) is 35.9 Å². The van der Waals surface area contributed by atoms with Crippen molar-refractivity contribution < 1.29 is 18.0 Å². The molecule has 8 nitrogen and oxygen atoms in total. The van der Waals surface area contributed by atoms with Crippen molar-refractivity contribution in [1.82, 2.24) is 19.4 Å². The van der Waals surface area contributed by atoms with E-state index in [1.54, 1.807) is 11.8 Å². The zero-order valence-corrected chi connectivity index (χ0v) is 17.0. The van der Waals surface area contributed by atoms with E-state index in [-0.39, 0.29) is 24.0 Å². The summed E-state index contributed by atoms with van der Waals surface area (Å²) in [5.41, 5.74) is 1.10. The van der Waals surface area contributed by atoms with Gasteiger partial charge in [-0.05, 0) is 12.5 Å². The van der Waals surface area contributed by atoms with E-state index in [1.807, 2.05) is 35.2 Å². The highest BCUT2D eigenvalue weighted by Gasteiger charge is 2.34. The summed E-state index contributed by atoms with van der Waals surface area (Å²) in [5.74, 6) is -0.158. The lowest BCUT2D eigenvalue weighted by atomic mass is 10.1. The van der Waals surface area contributed by atoms with Gasteiger partial charge in [0.05, 0.1) is 18.2 Å². The van der Waals surface area contributed by atoms with Crippen LogP contribution in [0.4, 0.5) is 0 Å². The van der Waals surface area contributed by atoms with Gasteiger partial charge in [0.2, 0.25) is 21.8 Å². The largest absolute Gasteiger partial charge is 0.353 e. The van der Waals surface area contributed by atoms with Crippen molar-refractivity contribution in [3.63, 3.8) is 0 Å². The molecule has 2 fully saturated rings. The lowest BCUT2D eigenvalue weighted by Gasteiger charge is -2.37. The predicted octanol–water partition coefficient (Wildman–Crippen LogP) is -0.129. The second-order valence-corrected chi connectivity index (χ2v) is 9.40. The van der Waals surface area contributed by atoms with Gasteiger partial charge < -0.3 is 10.2 Å². The number of nitrogens with one attached hydrogen (secondary N) is 1. The number of nitrogens with zero attached hydrogens (tertiary/aromatic N) is 3. The Bertz CT molecular complexity index is 791. The van der Waals surface area contributed by atoms with Crippen molar-refractivity contribution >= 4 is 21.8 Å². The van der Waals surface area contributed by atoms with Crippen LogP contribution in [0.25, 0.3) is 0 Å². The summed E-state index contributed by atoms with van der Waals surface area (Å²) in [6.45, 7) is 4.87. The highest BCUT2D eigenvalue weighted by Crippen LogP contribution is 2.16. The minimum atomic E-state index is -3.23. The van der Waals surface area contributed by atoms with Gasteiger partial charge in [-0.1, -0.05) is 30.3 Å². The Labute approximate surface area is 166 Å². The Balaban J connectivity index is 1.60. The van der Waals surface area contributed by atoms with Crippen molar-refractivity contribution in [2.45, 2.75) is 25.9 Å². The number of sulfonamides is 1. The van der Waals surface area contributed by atoms with E-state index < -0.39 is 16.1 Å². The fourth-order valence-corrected chi connectivity index (χ4v) is 4.77. The summed E-state index contributed by atoms with van der Waals surface area (Å²) in [6.07, 6.45) is 0.110. The third-order valence-corrected chi connectivity index (χ3v) is 7.27. The number of hydrogen-bond acceptors (Lipinski definition) is 5. The summed E-state index contributed by atoms with van der Waals surface area (Å²) in [4.78, 5) is 28.9. The first-order chi connectivity index (χ1) is 13.4. The smallest absolute Gasteiger partial charge is 0.237 e. The third-order valence-electron chi connectivity index (χ3n) is 5.39. The molecule has 0 spiro atoms. The maximum atomic E-state index is 12.8. The highest BCUT2D eigenvalue weighted by atomic mass is 32.2. The normalized spacial score (nSPS) is 22.1. The van der Waals surface area contributed by atoms with Crippen LogP contribution in [0.15, 0.2) is 30.3 Å².